The Morgan fingerprint density at radius 3 is 2.22 bits per heavy atom. The monoisotopic (exact) mass is 359 g/mol. The van der Waals surface area contributed by atoms with Crippen LogP contribution in [0.15, 0.2) is 91.1 Å². The molecule has 4 rings (SSSR count). The summed E-state index contributed by atoms with van der Waals surface area (Å²) in [5, 5.41) is 21.0. The van der Waals surface area contributed by atoms with Crippen molar-refractivity contribution < 1.29 is 14.9 Å². The number of hydrogen-bond acceptors (Lipinski definition) is 3. The van der Waals surface area contributed by atoms with Gasteiger partial charge in [-0.1, -0.05) is 48.5 Å². The van der Waals surface area contributed by atoms with E-state index in [1.807, 2.05) is 95.7 Å². The number of hydrogen-bond donors (Lipinski definition) is 2. The van der Waals surface area contributed by atoms with Crippen molar-refractivity contribution in [3.05, 3.63) is 96.7 Å². The molecule has 0 unspecified atom stereocenters. The van der Waals surface area contributed by atoms with Gasteiger partial charge in [0.25, 0.3) is 0 Å². The lowest BCUT2D eigenvalue weighted by Crippen LogP contribution is -2.27. The SMILES string of the molecule is OC[C@@H](O)[C@H](c1ccccc1)n1ccc2cc(Oc3ccccc3)ccc21. The lowest BCUT2D eigenvalue weighted by atomic mass is 10.0. The van der Waals surface area contributed by atoms with E-state index >= 15 is 0 Å². The van der Waals surface area contributed by atoms with Crippen LogP contribution in [0.4, 0.5) is 0 Å². The molecule has 0 aliphatic carbocycles. The molecule has 1 heterocycles. The highest BCUT2D eigenvalue weighted by Crippen LogP contribution is 2.31. The summed E-state index contributed by atoms with van der Waals surface area (Å²) in [6.07, 6.45) is 1.04. The van der Waals surface area contributed by atoms with Crippen molar-refractivity contribution >= 4 is 10.9 Å². The van der Waals surface area contributed by atoms with Crippen LogP contribution < -0.4 is 4.74 Å². The van der Waals surface area contributed by atoms with Gasteiger partial charge in [-0.2, -0.15) is 0 Å². The number of para-hydroxylation sites is 1. The molecule has 4 nitrogen and oxygen atoms in total. The van der Waals surface area contributed by atoms with E-state index in [0.29, 0.717) is 0 Å². The predicted octanol–water partition coefficient (Wildman–Crippen LogP) is 4.38. The first-order valence-electron chi connectivity index (χ1n) is 8.93. The Kier molecular flexibility index (Phi) is 4.92. The summed E-state index contributed by atoms with van der Waals surface area (Å²) >= 11 is 0. The van der Waals surface area contributed by atoms with Gasteiger partial charge in [0.15, 0.2) is 0 Å². The minimum atomic E-state index is -0.900. The summed E-state index contributed by atoms with van der Waals surface area (Å²) in [6, 6.07) is 26.9. The van der Waals surface area contributed by atoms with E-state index in [1.165, 1.54) is 0 Å². The number of aliphatic hydroxyl groups excluding tert-OH is 2. The lowest BCUT2D eigenvalue weighted by Gasteiger charge is -2.25. The lowest BCUT2D eigenvalue weighted by molar-refractivity contribution is 0.0654. The van der Waals surface area contributed by atoms with Crippen LogP contribution in [-0.2, 0) is 0 Å². The van der Waals surface area contributed by atoms with Crippen molar-refractivity contribution in [2.24, 2.45) is 0 Å². The largest absolute Gasteiger partial charge is 0.457 e. The van der Waals surface area contributed by atoms with Crippen LogP contribution in [0.3, 0.4) is 0 Å². The van der Waals surface area contributed by atoms with Gasteiger partial charge in [-0.15, -0.1) is 0 Å². The highest BCUT2D eigenvalue weighted by Gasteiger charge is 2.23. The first-order chi connectivity index (χ1) is 13.3. The van der Waals surface area contributed by atoms with Gasteiger partial charge >= 0.3 is 0 Å². The Morgan fingerprint density at radius 1 is 0.815 bits per heavy atom. The standard InChI is InChI=1S/C23H21NO3/c25-16-22(26)23(17-7-3-1-4-8-17)24-14-13-18-15-20(11-12-21(18)24)27-19-9-5-2-6-10-19/h1-15,22-23,25-26H,16H2/t22-,23+/m1/s1. The summed E-state index contributed by atoms with van der Waals surface area (Å²) in [4.78, 5) is 0. The Morgan fingerprint density at radius 2 is 1.52 bits per heavy atom. The molecule has 2 atom stereocenters. The third-order valence-electron chi connectivity index (χ3n) is 4.66. The van der Waals surface area contributed by atoms with Crippen LogP contribution >= 0.6 is 0 Å². The van der Waals surface area contributed by atoms with Crippen LogP contribution in [0.5, 0.6) is 11.5 Å². The van der Waals surface area contributed by atoms with E-state index in [-0.39, 0.29) is 12.6 Å². The molecule has 0 saturated heterocycles. The Hall–Kier alpha value is -3.08. The van der Waals surface area contributed by atoms with Gasteiger partial charge in [0.05, 0.1) is 12.6 Å². The molecule has 0 amide bonds. The molecule has 3 aromatic carbocycles. The predicted molar refractivity (Wildman–Crippen MR) is 106 cm³/mol. The van der Waals surface area contributed by atoms with Crippen LogP contribution in [0.25, 0.3) is 10.9 Å². The summed E-state index contributed by atoms with van der Waals surface area (Å²) in [6.45, 7) is -0.311. The fourth-order valence-corrected chi connectivity index (χ4v) is 3.39. The third kappa shape index (κ3) is 3.58. The van der Waals surface area contributed by atoms with E-state index in [1.54, 1.807) is 0 Å². The van der Waals surface area contributed by atoms with Crippen molar-refractivity contribution in [1.82, 2.24) is 4.57 Å². The van der Waals surface area contributed by atoms with Crippen LogP contribution in [0.2, 0.25) is 0 Å². The van der Waals surface area contributed by atoms with Crippen molar-refractivity contribution in [3.63, 3.8) is 0 Å². The third-order valence-corrected chi connectivity index (χ3v) is 4.66. The molecule has 0 saturated carbocycles. The second-order valence-electron chi connectivity index (χ2n) is 6.46. The fourth-order valence-electron chi connectivity index (χ4n) is 3.39. The van der Waals surface area contributed by atoms with Crippen molar-refractivity contribution in [2.75, 3.05) is 6.61 Å². The number of benzene rings is 3. The molecule has 4 aromatic rings. The van der Waals surface area contributed by atoms with Crippen LogP contribution in [-0.4, -0.2) is 27.5 Å². The van der Waals surface area contributed by atoms with E-state index in [0.717, 1.165) is 28.0 Å². The number of aromatic nitrogens is 1. The van der Waals surface area contributed by atoms with Gasteiger partial charge in [-0.3, -0.25) is 0 Å². The zero-order valence-electron chi connectivity index (χ0n) is 14.8. The van der Waals surface area contributed by atoms with Crippen molar-refractivity contribution in [3.8, 4) is 11.5 Å². The summed E-state index contributed by atoms with van der Waals surface area (Å²) in [5.74, 6) is 1.54. The minimum absolute atomic E-state index is 0.311. The zero-order valence-corrected chi connectivity index (χ0v) is 14.8. The molecule has 0 radical (unpaired) electrons. The van der Waals surface area contributed by atoms with Gasteiger partial charge < -0.3 is 19.5 Å². The fraction of sp³-hybridized carbons (Fsp3) is 0.130. The molecule has 0 aliphatic heterocycles. The quantitative estimate of drug-likeness (QED) is 0.537. The second kappa shape index (κ2) is 7.66. The molecule has 1 aromatic heterocycles. The summed E-state index contributed by atoms with van der Waals surface area (Å²) in [5.41, 5.74) is 1.91. The Bertz CT molecular complexity index is 1010. The van der Waals surface area contributed by atoms with Crippen LogP contribution in [0, 0.1) is 0 Å². The number of fused-ring (bicyclic) bond motifs is 1. The maximum Gasteiger partial charge on any atom is 0.128 e. The van der Waals surface area contributed by atoms with Gasteiger partial charge in [0.1, 0.15) is 17.6 Å². The molecule has 4 heteroatoms. The number of ether oxygens (including phenoxy) is 1. The smallest absolute Gasteiger partial charge is 0.128 e. The molecule has 136 valence electrons. The van der Waals surface area contributed by atoms with E-state index < -0.39 is 6.10 Å². The highest BCUT2D eigenvalue weighted by molar-refractivity contribution is 5.82. The average molecular weight is 359 g/mol. The molecule has 0 bridgehead atoms. The van der Waals surface area contributed by atoms with Crippen molar-refractivity contribution in [2.45, 2.75) is 12.1 Å². The second-order valence-corrected chi connectivity index (χ2v) is 6.46. The van der Waals surface area contributed by atoms with E-state index in [4.69, 9.17) is 4.74 Å². The normalized spacial score (nSPS) is 13.4. The molecule has 0 spiro atoms. The molecule has 27 heavy (non-hydrogen) atoms. The molecule has 0 fully saturated rings. The topological polar surface area (TPSA) is 54.6 Å². The summed E-state index contributed by atoms with van der Waals surface area (Å²) < 4.78 is 7.91. The van der Waals surface area contributed by atoms with Crippen molar-refractivity contribution in [1.29, 1.82) is 0 Å². The summed E-state index contributed by atoms with van der Waals surface area (Å²) in [7, 11) is 0. The van der Waals surface area contributed by atoms with E-state index in [9.17, 15) is 10.2 Å². The van der Waals surface area contributed by atoms with Gasteiger partial charge in [0, 0.05) is 17.1 Å². The number of aliphatic hydroxyl groups is 2. The number of nitrogens with zero attached hydrogens (tertiary/aromatic N) is 1. The molecular formula is C23H21NO3. The van der Waals surface area contributed by atoms with Gasteiger partial charge in [-0.25, -0.2) is 0 Å². The Labute approximate surface area is 157 Å². The molecule has 0 aliphatic rings. The van der Waals surface area contributed by atoms with Crippen LogP contribution in [0.1, 0.15) is 11.6 Å². The molecular weight excluding hydrogens is 338 g/mol. The average Bonchev–Trinajstić information content (AvgIpc) is 3.12. The van der Waals surface area contributed by atoms with Gasteiger partial charge in [-0.05, 0) is 42.0 Å². The zero-order chi connectivity index (χ0) is 18.6. The molecule has 2 N–H and O–H groups in total. The minimum Gasteiger partial charge on any atom is -0.457 e. The van der Waals surface area contributed by atoms with E-state index in [2.05, 4.69) is 0 Å². The van der Waals surface area contributed by atoms with Gasteiger partial charge in [0.2, 0.25) is 0 Å². The first kappa shape index (κ1) is 17.3. The maximum atomic E-state index is 10.5. The first-order valence-corrected chi connectivity index (χ1v) is 8.93. The maximum absolute atomic E-state index is 10.5. The Balaban J connectivity index is 1.71. The highest BCUT2D eigenvalue weighted by atomic mass is 16.5. The number of rotatable bonds is 6.